The lowest BCUT2D eigenvalue weighted by Gasteiger charge is -2.20. The minimum Gasteiger partial charge on any atom is -0.0938 e. The van der Waals surface area contributed by atoms with Crippen molar-refractivity contribution in [2.45, 2.75) is 61.8 Å². The summed E-state index contributed by atoms with van der Waals surface area (Å²) in [4.78, 5) is 0. The minimum absolute atomic E-state index is 0.216. The highest BCUT2D eigenvalue weighted by Crippen LogP contribution is 2.25. The molecule has 0 aromatic heterocycles. The smallest absolute Gasteiger partial charge is 0.0938 e. The van der Waals surface area contributed by atoms with E-state index < -0.39 is 0 Å². The highest BCUT2D eigenvalue weighted by atomic mass is 27.2. The van der Waals surface area contributed by atoms with Crippen molar-refractivity contribution in [2.24, 2.45) is 5.92 Å². The van der Waals surface area contributed by atoms with Gasteiger partial charge in [0.15, 0.2) is 0 Å². The zero-order valence-electron chi connectivity index (χ0n) is 8.81. The van der Waals surface area contributed by atoms with E-state index >= 15 is 0 Å². The minimum atomic E-state index is -0.216. The molecule has 0 nitrogen and oxygen atoms in total. The van der Waals surface area contributed by atoms with Gasteiger partial charge in [-0.2, -0.15) is 0 Å². The Kier molecular flexibility index (Phi) is 5.36. The molecule has 70 valence electrons. The van der Waals surface area contributed by atoms with Crippen LogP contribution in [0.1, 0.15) is 46.0 Å². The molecule has 1 fully saturated rings. The fourth-order valence-electron chi connectivity index (χ4n) is 2.60. The standard InChI is InChI=1S/C6H13.C5H10.Al/c1-4-5-6(2)3;1-3-5-4-2;/h6H,2,4-5H2,1,3H3;1-5H2;. The molecule has 0 aromatic carbocycles. The normalized spacial score (nSPS) is 21.0. The molecule has 0 amide bonds. The third-order valence-electron chi connectivity index (χ3n) is 3.24. The number of rotatable bonds is 4. The Morgan fingerprint density at radius 3 is 2.42 bits per heavy atom. The van der Waals surface area contributed by atoms with Crippen LogP contribution < -0.4 is 0 Å². The Hall–Kier alpha value is 0.532. The van der Waals surface area contributed by atoms with Crippen LogP contribution in [0.5, 0.6) is 0 Å². The van der Waals surface area contributed by atoms with E-state index in [0.29, 0.717) is 0 Å². The maximum absolute atomic E-state index is 2.46. The second kappa shape index (κ2) is 6.06. The van der Waals surface area contributed by atoms with Crippen molar-refractivity contribution in [3.8, 4) is 0 Å². The highest BCUT2D eigenvalue weighted by Gasteiger charge is 2.21. The predicted octanol–water partition coefficient (Wildman–Crippen LogP) is 4.10. The molecule has 0 bridgehead atoms. The van der Waals surface area contributed by atoms with Crippen LogP contribution >= 0.6 is 0 Å². The summed E-state index contributed by atoms with van der Waals surface area (Å²) in [5, 5.41) is 4.97. The van der Waals surface area contributed by atoms with E-state index in [4.69, 9.17) is 0 Å². The van der Waals surface area contributed by atoms with Gasteiger partial charge in [0.05, 0.1) is 0 Å². The summed E-state index contributed by atoms with van der Waals surface area (Å²) < 4.78 is 0. The molecular weight excluding hydrogens is 159 g/mol. The van der Waals surface area contributed by atoms with Crippen LogP contribution in [-0.2, 0) is 0 Å². The van der Waals surface area contributed by atoms with Gasteiger partial charge in [0.2, 0.25) is 0 Å². The summed E-state index contributed by atoms with van der Waals surface area (Å²) in [7, 11) is 0. The second-order valence-corrected chi connectivity index (χ2v) is 7.99. The van der Waals surface area contributed by atoms with E-state index in [-0.39, 0.29) is 14.1 Å². The molecule has 0 aromatic rings. The Morgan fingerprint density at radius 1 is 1.17 bits per heavy atom. The first-order valence-corrected chi connectivity index (χ1v) is 8.28. The topological polar surface area (TPSA) is 0 Å². The second-order valence-electron chi connectivity index (χ2n) is 4.63. The number of hydrogen-bond acceptors (Lipinski definition) is 0. The molecule has 0 radical (unpaired) electrons. The fourth-order valence-corrected chi connectivity index (χ4v) is 6.47. The average Bonchev–Trinajstić information content (AvgIpc) is 2.06. The van der Waals surface area contributed by atoms with E-state index in [9.17, 15) is 0 Å². The molecular formula is C11H23Al. The van der Waals surface area contributed by atoms with Gasteiger partial charge in [-0.1, -0.05) is 67.7 Å². The average molecular weight is 182 g/mol. The molecule has 1 heterocycles. The predicted molar refractivity (Wildman–Crippen MR) is 58.1 cm³/mol. The van der Waals surface area contributed by atoms with Gasteiger partial charge in [-0.25, -0.2) is 0 Å². The maximum Gasteiger partial charge on any atom is 0.262 e. The van der Waals surface area contributed by atoms with Crippen LogP contribution in [0.2, 0.25) is 15.8 Å². The summed E-state index contributed by atoms with van der Waals surface area (Å²) >= 11 is -0.216. The maximum atomic E-state index is 2.46. The molecule has 1 heteroatoms. The molecule has 0 saturated carbocycles. The van der Waals surface area contributed by atoms with Gasteiger partial charge in [-0.05, 0) is 0 Å². The van der Waals surface area contributed by atoms with Crippen LogP contribution in [-0.4, -0.2) is 14.1 Å². The summed E-state index contributed by atoms with van der Waals surface area (Å²) in [6.07, 6.45) is 7.53. The molecule has 0 spiro atoms. The summed E-state index contributed by atoms with van der Waals surface area (Å²) in [5.41, 5.74) is 0. The molecule has 0 aliphatic carbocycles. The Labute approximate surface area is 82.1 Å². The molecule has 1 unspecified atom stereocenters. The monoisotopic (exact) mass is 182 g/mol. The third-order valence-corrected chi connectivity index (χ3v) is 7.16. The molecule has 1 atom stereocenters. The van der Waals surface area contributed by atoms with Crippen LogP contribution in [0.25, 0.3) is 0 Å². The van der Waals surface area contributed by atoms with Gasteiger partial charge in [0.25, 0.3) is 14.1 Å². The Morgan fingerprint density at radius 2 is 1.83 bits per heavy atom. The first-order chi connectivity index (χ1) is 5.83. The van der Waals surface area contributed by atoms with Crippen molar-refractivity contribution in [3.05, 3.63) is 0 Å². The van der Waals surface area contributed by atoms with Gasteiger partial charge in [0, 0.05) is 0 Å². The van der Waals surface area contributed by atoms with E-state index in [0.717, 1.165) is 5.92 Å². The van der Waals surface area contributed by atoms with Crippen molar-refractivity contribution < 1.29 is 0 Å². The van der Waals surface area contributed by atoms with Crippen molar-refractivity contribution in [1.29, 1.82) is 0 Å². The third kappa shape index (κ3) is 3.97. The van der Waals surface area contributed by atoms with E-state index in [1.165, 1.54) is 19.3 Å². The Balaban J connectivity index is 2.11. The largest absolute Gasteiger partial charge is 0.262 e. The van der Waals surface area contributed by atoms with Crippen LogP contribution in [0.4, 0.5) is 0 Å². The van der Waals surface area contributed by atoms with E-state index in [1.807, 2.05) is 0 Å². The lowest BCUT2D eigenvalue weighted by molar-refractivity contribution is 0.563. The van der Waals surface area contributed by atoms with Crippen molar-refractivity contribution in [3.63, 3.8) is 0 Å². The first kappa shape index (κ1) is 10.6. The van der Waals surface area contributed by atoms with Gasteiger partial charge < -0.3 is 0 Å². The first-order valence-electron chi connectivity index (χ1n) is 5.83. The Bertz CT molecular complexity index is 106. The van der Waals surface area contributed by atoms with Crippen molar-refractivity contribution in [2.75, 3.05) is 0 Å². The summed E-state index contributed by atoms with van der Waals surface area (Å²) in [6.45, 7) is 4.78. The van der Waals surface area contributed by atoms with Crippen molar-refractivity contribution >= 4 is 14.1 Å². The molecule has 1 saturated heterocycles. The van der Waals surface area contributed by atoms with Gasteiger partial charge in [-0.15, -0.1) is 0 Å². The van der Waals surface area contributed by atoms with Gasteiger partial charge in [0.1, 0.15) is 0 Å². The SMILES string of the molecule is CCCC(C)[CH2][Al]1[CH2]CCC[CH2]1. The number of hydrogen-bond donors (Lipinski definition) is 0. The van der Waals surface area contributed by atoms with Crippen LogP contribution in [0.15, 0.2) is 0 Å². The molecule has 1 rings (SSSR count). The lowest BCUT2D eigenvalue weighted by atomic mass is 10.1. The zero-order chi connectivity index (χ0) is 8.81. The lowest BCUT2D eigenvalue weighted by Crippen LogP contribution is -2.18. The quantitative estimate of drug-likeness (QED) is 0.574. The molecule has 0 N–H and O–H groups in total. The fraction of sp³-hybridized carbons (Fsp3) is 1.00. The van der Waals surface area contributed by atoms with Gasteiger partial charge in [-0.3, -0.25) is 0 Å². The summed E-state index contributed by atoms with van der Waals surface area (Å²) in [6, 6.07) is 0. The summed E-state index contributed by atoms with van der Waals surface area (Å²) in [5.74, 6) is 1.05. The van der Waals surface area contributed by atoms with Crippen molar-refractivity contribution in [1.82, 2.24) is 0 Å². The van der Waals surface area contributed by atoms with Gasteiger partial charge >= 0.3 is 0 Å². The van der Waals surface area contributed by atoms with E-state index in [2.05, 4.69) is 13.8 Å². The zero-order valence-corrected chi connectivity index (χ0v) is 9.97. The molecule has 1 aliphatic rings. The van der Waals surface area contributed by atoms with E-state index in [1.54, 1.807) is 28.7 Å². The van der Waals surface area contributed by atoms with Crippen LogP contribution in [0, 0.1) is 5.92 Å². The molecule has 1 aliphatic heterocycles. The highest BCUT2D eigenvalue weighted by molar-refractivity contribution is 6.59. The molecule has 12 heavy (non-hydrogen) atoms. The van der Waals surface area contributed by atoms with Crippen LogP contribution in [0.3, 0.4) is 0 Å².